The number of aromatic nitrogens is 2. The van der Waals surface area contributed by atoms with Gasteiger partial charge in [0.15, 0.2) is 12.7 Å². The van der Waals surface area contributed by atoms with Crippen molar-refractivity contribution in [3.63, 3.8) is 0 Å². The Morgan fingerprint density at radius 1 is 1.15 bits per heavy atom. The second-order valence-corrected chi connectivity index (χ2v) is 10.8. The average Bonchev–Trinajstić information content (AvgIpc) is 3.45. The first-order valence-electron chi connectivity index (χ1n) is 10.2. The Hall–Kier alpha value is -2.03. The Bertz CT molecular complexity index is 1470. The molecule has 0 fully saturated rings. The third-order valence-electron chi connectivity index (χ3n) is 5.37. The zero-order valence-corrected chi connectivity index (χ0v) is 22.0. The van der Waals surface area contributed by atoms with Gasteiger partial charge in [0.05, 0.1) is 17.1 Å². The van der Waals surface area contributed by atoms with Gasteiger partial charge < -0.3 is 17.3 Å². The SMILES string of the molecule is CCn1c(=O)/c(=C2/Sc3cc(Cl)ccc3N2C)s/c1=C\c1scc[n+]1Cc1ccccc1.[Cl-]. The summed E-state index contributed by atoms with van der Waals surface area (Å²) in [7, 11) is 2.01. The van der Waals surface area contributed by atoms with E-state index in [0.717, 1.165) is 36.4 Å². The predicted molar refractivity (Wildman–Crippen MR) is 136 cm³/mol. The molecule has 170 valence electrons. The average molecular weight is 535 g/mol. The van der Waals surface area contributed by atoms with E-state index in [0.29, 0.717) is 11.6 Å². The topological polar surface area (TPSA) is 29.1 Å². The van der Waals surface area contributed by atoms with Crippen LogP contribution in [0.5, 0.6) is 0 Å². The lowest BCUT2D eigenvalue weighted by Gasteiger charge is -2.12. The van der Waals surface area contributed by atoms with Gasteiger partial charge in [0.2, 0.25) is 0 Å². The summed E-state index contributed by atoms with van der Waals surface area (Å²) in [5.41, 5.74) is 2.39. The summed E-state index contributed by atoms with van der Waals surface area (Å²) in [4.78, 5) is 16.5. The number of thioether (sulfide) groups is 1. The van der Waals surface area contributed by atoms with Gasteiger partial charge in [0, 0.05) is 29.1 Å². The molecule has 0 spiro atoms. The molecule has 0 unspecified atom stereocenters. The maximum atomic E-state index is 13.3. The van der Waals surface area contributed by atoms with E-state index in [-0.39, 0.29) is 18.0 Å². The number of halogens is 2. The molecular weight excluding hydrogens is 513 g/mol. The van der Waals surface area contributed by atoms with E-state index in [1.165, 1.54) is 5.56 Å². The minimum absolute atomic E-state index is 0. The Morgan fingerprint density at radius 2 is 1.94 bits per heavy atom. The van der Waals surface area contributed by atoms with Gasteiger partial charge in [0.25, 0.3) is 10.6 Å². The molecule has 4 nitrogen and oxygen atoms in total. The molecule has 33 heavy (non-hydrogen) atoms. The number of benzene rings is 2. The van der Waals surface area contributed by atoms with Gasteiger partial charge in [-0.1, -0.05) is 65.0 Å². The van der Waals surface area contributed by atoms with Gasteiger partial charge in [-0.05, 0) is 25.1 Å². The lowest BCUT2D eigenvalue weighted by molar-refractivity contribution is -0.685. The molecule has 0 saturated carbocycles. The maximum Gasteiger partial charge on any atom is 0.271 e. The number of hydrogen-bond donors (Lipinski definition) is 0. The summed E-state index contributed by atoms with van der Waals surface area (Å²) in [6, 6.07) is 16.3. The predicted octanol–water partition coefficient (Wildman–Crippen LogP) is 1.12. The third-order valence-corrected chi connectivity index (χ3v) is 8.93. The number of hydrogen-bond acceptors (Lipinski definition) is 5. The molecule has 1 aliphatic rings. The van der Waals surface area contributed by atoms with Crippen LogP contribution in [0.2, 0.25) is 5.02 Å². The zero-order chi connectivity index (χ0) is 22.2. The van der Waals surface area contributed by atoms with Crippen molar-refractivity contribution in [3.8, 4) is 0 Å². The van der Waals surface area contributed by atoms with Crippen LogP contribution in [0.15, 0.2) is 69.8 Å². The van der Waals surface area contributed by atoms with Crippen LogP contribution in [0.1, 0.15) is 17.5 Å². The molecule has 2 aromatic heterocycles. The molecular formula is C24H21Cl2N3OS3. The van der Waals surface area contributed by atoms with Crippen molar-refractivity contribution in [1.82, 2.24) is 4.57 Å². The van der Waals surface area contributed by atoms with Gasteiger partial charge in [-0.2, -0.15) is 4.57 Å². The highest BCUT2D eigenvalue weighted by Gasteiger charge is 2.25. The third kappa shape index (κ3) is 4.66. The highest BCUT2D eigenvalue weighted by molar-refractivity contribution is 8.08. The van der Waals surface area contributed by atoms with E-state index >= 15 is 0 Å². The summed E-state index contributed by atoms with van der Waals surface area (Å²) in [5.74, 6) is 0. The number of anilines is 1. The van der Waals surface area contributed by atoms with E-state index in [1.54, 1.807) is 34.4 Å². The van der Waals surface area contributed by atoms with Crippen LogP contribution in [0.25, 0.3) is 11.1 Å². The zero-order valence-electron chi connectivity index (χ0n) is 18.0. The Kier molecular flexibility index (Phi) is 7.36. The second-order valence-electron chi connectivity index (χ2n) is 7.40. The quantitative estimate of drug-likeness (QED) is 0.368. The van der Waals surface area contributed by atoms with Gasteiger partial charge >= 0.3 is 0 Å². The fraction of sp³-hybridized carbons (Fsp3) is 0.167. The highest BCUT2D eigenvalue weighted by atomic mass is 35.5. The van der Waals surface area contributed by atoms with Crippen LogP contribution in [0.3, 0.4) is 0 Å². The van der Waals surface area contributed by atoms with E-state index in [4.69, 9.17) is 11.6 Å². The van der Waals surface area contributed by atoms with Crippen molar-refractivity contribution >= 4 is 62.8 Å². The first kappa shape index (κ1) is 24.1. The first-order chi connectivity index (χ1) is 15.5. The van der Waals surface area contributed by atoms with Gasteiger partial charge in [-0.3, -0.25) is 9.36 Å². The lowest BCUT2D eigenvalue weighted by atomic mass is 10.2. The molecule has 0 N–H and O–H groups in total. The normalized spacial score (nSPS) is 15.0. The largest absolute Gasteiger partial charge is 1.00 e. The molecule has 0 atom stereocenters. The van der Waals surface area contributed by atoms with Crippen molar-refractivity contribution < 1.29 is 17.0 Å². The minimum atomic E-state index is 0. The Balaban J connectivity index is 0.00000259. The smallest absolute Gasteiger partial charge is 0.271 e. The molecule has 5 rings (SSSR count). The summed E-state index contributed by atoms with van der Waals surface area (Å²) < 4.78 is 5.83. The minimum Gasteiger partial charge on any atom is -1.00 e. The van der Waals surface area contributed by atoms with Crippen molar-refractivity contribution in [1.29, 1.82) is 0 Å². The van der Waals surface area contributed by atoms with Crippen molar-refractivity contribution in [2.75, 3.05) is 11.9 Å². The van der Waals surface area contributed by atoms with Crippen LogP contribution < -0.4 is 36.6 Å². The van der Waals surface area contributed by atoms with Crippen molar-refractivity contribution in [2.45, 2.75) is 24.9 Å². The molecule has 3 heterocycles. The van der Waals surface area contributed by atoms with Crippen LogP contribution in [0.4, 0.5) is 5.69 Å². The van der Waals surface area contributed by atoms with Gasteiger partial charge in [0.1, 0.15) is 14.2 Å². The molecule has 0 saturated heterocycles. The summed E-state index contributed by atoms with van der Waals surface area (Å²) >= 11 is 11.0. The summed E-state index contributed by atoms with van der Waals surface area (Å²) in [5, 5.41) is 4.88. The first-order valence-corrected chi connectivity index (χ1v) is 13.1. The number of nitrogens with zero attached hydrogens (tertiary/aromatic N) is 3. The molecule has 1 aliphatic heterocycles. The Labute approximate surface area is 215 Å². The van der Waals surface area contributed by atoms with E-state index in [2.05, 4.69) is 51.4 Å². The second kappa shape index (κ2) is 10.1. The fourth-order valence-corrected chi connectivity index (χ4v) is 7.34. The van der Waals surface area contributed by atoms with Crippen LogP contribution in [0, 0.1) is 0 Å². The molecule has 9 heteroatoms. The summed E-state index contributed by atoms with van der Waals surface area (Å²) in [6.45, 7) is 3.45. The Morgan fingerprint density at radius 3 is 2.70 bits per heavy atom. The highest BCUT2D eigenvalue weighted by Crippen LogP contribution is 2.46. The van der Waals surface area contributed by atoms with Crippen LogP contribution in [-0.2, 0) is 13.1 Å². The molecule has 0 bridgehead atoms. The van der Waals surface area contributed by atoms with Crippen molar-refractivity contribution in [3.05, 3.63) is 95.3 Å². The number of fused-ring (bicyclic) bond motifs is 1. The molecule has 0 aliphatic carbocycles. The molecule has 4 aromatic rings. The van der Waals surface area contributed by atoms with Crippen LogP contribution >= 0.6 is 46.0 Å². The molecule has 0 radical (unpaired) electrons. The number of thiazole rings is 2. The van der Waals surface area contributed by atoms with E-state index in [9.17, 15) is 4.79 Å². The molecule has 2 aromatic carbocycles. The standard InChI is InChI=1S/C24H21ClN3OS3.ClH/c1-3-28-21(14-20-27(11-12-30-20)15-16-7-5-4-6-8-16)32-22(23(28)29)24-26(2)18-10-9-17(25)13-19(18)31-24;/h4-14H,3,15H2,1-2H3;1H/q+1;/p-1/b24-22-;. The monoisotopic (exact) mass is 533 g/mol. The summed E-state index contributed by atoms with van der Waals surface area (Å²) in [6.07, 6.45) is 4.24. The van der Waals surface area contributed by atoms with Crippen molar-refractivity contribution in [2.24, 2.45) is 0 Å². The van der Waals surface area contributed by atoms with Gasteiger partial charge in [-0.15, -0.1) is 11.3 Å². The van der Waals surface area contributed by atoms with Crippen LogP contribution in [-0.4, -0.2) is 11.6 Å². The van der Waals surface area contributed by atoms with E-state index < -0.39 is 0 Å². The van der Waals surface area contributed by atoms with E-state index in [1.807, 2.05) is 42.8 Å². The number of rotatable bonds is 4. The lowest BCUT2D eigenvalue weighted by Crippen LogP contribution is -3.00. The van der Waals surface area contributed by atoms with Gasteiger partial charge in [-0.25, -0.2) is 0 Å². The molecule has 0 amide bonds. The fourth-order valence-electron chi connectivity index (χ4n) is 3.74. The maximum absolute atomic E-state index is 13.3.